The summed E-state index contributed by atoms with van der Waals surface area (Å²) in [6.07, 6.45) is 0.961. The number of ether oxygens (including phenoxy) is 1. The van der Waals surface area contributed by atoms with Crippen molar-refractivity contribution in [2.24, 2.45) is 5.92 Å². The molecular weight excluding hydrogens is 330 g/mol. The van der Waals surface area contributed by atoms with Crippen LogP contribution in [0.4, 0.5) is 10.6 Å². The van der Waals surface area contributed by atoms with Gasteiger partial charge < -0.3 is 9.84 Å². The van der Waals surface area contributed by atoms with E-state index in [1.807, 2.05) is 0 Å². The highest BCUT2D eigenvalue weighted by Crippen LogP contribution is 2.32. The standard InChI is InChI=1S/C12H16BrN3O4/c1-12(2,3)20-11(19)15-5-7(10(17)18)6-16-9(15)8(13)4-14-16/h4,7H,5-6H2,1-3H3,(H,17,18). The van der Waals surface area contributed by atoms with Crippen molar-refractivity contribution in [3.63, 3.8) is 0 Å². The highest BCUT2D eigenvalue weighted by Gasteiger charge is 2.36. The molecule has 2 heterocycles. The second-order valence-corrected chi connectivity index (χ2v) is 6.48. The summed E-state index contributed by atoms with van der Waals surface area (Å²) < 4.78 is 7.45. The SMILES string of the molecule is CC(C)(C)OC(=O)N1CC(C(=O)O)Cn2ncc(Br)c21. The summed E-state index contributed by atoms with van der Waals surface area (Å²) in [4.78, 5) is 24.7. The molecule has 1 atom stereocenters. The van der Waals surface area contributed by atoms with E-state index in [-0.39, 0.29) is 13.1 Å². The fourth-order valence-electron chi connectivity index (χ4n) is 1.97. The molecule has 0 spiro atoms. The molecule has 0 saturated carbocycles. The average molecular weight is 346 g/mol. The minimum absolute atomic E-state index is 0.0640. The minimum atomic E-state index is -0.962. The molecule has 1 aliphatic heterocycles. The number of carboxylic acid groups (broad SMARTS) is 1. The number of nitrogens with zero attached hydrogens (tertiary/aromatic N) is 3. The first-order valence-corrected chi connectivity index (χ1v) is 6.93. The lowest BCUT2D eigenvalue weighted by Gasteiger charge is -2.33. The van der Waals surface area contributed by atoms with Crippen LogP contribution in [-0.4, -0.2) is 39.1 Å². The predicted octanol–water partition coefficient (Wildman–Crippen LogP) is 2.10. The molecule has 20 heavy (non-hydrogen) atoms. The number of fused-ring (bicyclic) bond motifs is 1. The number of anilines is 1. The molecule has 2 rings (SSSR count). The number of carbonyl (C=O) groups is 2. The number of aromatic nitrogens is 2. The number of amides is 1. The van der Waals surface area contributed by atoms with Crippen molar-refractivity contribution in [1.82, 2.24) is 9.78 Å². The van der Waals surface area contributed by atoms with E-state index in [4.69, 9.17) is 4.74 Å². The van der Waals surface area contributed by atoms with Gasteiger partial charge in [-0.3, -0.25) is 9.69 Å². The molecule has 0 saturated heterocycles. The topological polar surface area (TPSA) is 84.7 Å². The fraction of sp³-hybridized carbons (Fsp3) is 0.583. The van der Waals surface area contributed by atoms with Gasteiger partial charge in [0.05, 0.1) is 23.1 Å². The Morgan fingerprint density at radius 3 is 2.65 bits per heavy atom. The summed E-state index contributed by atoms with van der Waals surface area (Å²) >= 11 is 3.32. The lowest BCUT2D eigenvalue weighted by molar-refractivity contribution is -0.142. The Morgan fingerprint density at radius 2 is 2.10 bits per heavy atom. The van der Waals surface area contributed by atoms with Crippen LogP contribution in [0, 0.1) is 5.92 Å². The molecule has 0 bridgehead atoms. The van der Waals surface area contributed by atoms with Crippen molar-refractivity contribution in [2.45, 2.75) is 32.9 Å². The number of aliphatic carboxylic acids is 1. The third-order valence-corrected chi connectivity index (χ3v) is 3.34. The van der Waals surface area contributed by atoms with Crippen molar-refractivity contribution in [3.05, 3.63) is 10.7 Å². The van der Waals surface area contributed by atoms with Gasteiger partial charge in [0.25, 0.3) is 0 Å². The molecule has 0 radical (unpaired) electrons. The van der Waals surface area contributed by atoms with Crippen molar-refractivity contribution < 1.29 is 19.4 Å². The van der Waals surface area contributed by atoms with E-state index in [9.17, 15) is 14.7 Å². The summed E-state index contributed by atoms with van der Waals surface area (Å²) in [5, 5.41) is 13.2. The zero-order chi connectivity index (χ0) is 15.1. The first kappa shape index (κ1) is 14.8. The maximum absolute atomic E-state index is 12.2. The maximum atomic E-state index is 12.2. The number of hydrogen-bond donors (Lipinski definition) is 1. The smallest absolute Gasteiger partial charge is 0.416 e. The largest absolute Gasteiger partial charge is 0.481 e. The average Bonchev–Trinajstić information content (AvgIpc) is 2.68. The van der Waals surface area contributed by atoms with Crippen LogP contribution in [0.3, 0.4) is 0 Å². The molecule has 1 aliphatic rings. The van der Waals surface area contributed by atoms with E-state index in [1.54, 1.807) is 20.8 Å². The highest BCUT2D eigenvalue weighted by atomic mass is 79.9. The molecule has 110 valence electrons. The van der Waals surface area contributed by atoms with Crippen molar-refractivity contribution in [3.8, 4) is 0 Å². The lowest BCUT2D eigenvalue weighted by Crippen LogP contribution is -2.47. The first-order valence-electron chi connectivity index (χ1n) is 6.13. The van der Waals surface area contributed by atoms with Gasteiger partial charge in [-0.1, -0.05) is 0 Å². The molecule has 7 nitrogen and oxygen atoms in total. The second kappa shape index (κ2) is 5.08. The van der Waals surface area contributed by atoms with Gasteiger partial charge in [-0.25, -0.2) is 9.48 Å². The molecule has 1 N–H and O–H groups in total. The molecule has 1 unspecified atom stereocenters. The van der Waals surface area contributed by atoms with Crippen LogP contribution < -0.4 is 4.90 Å². The first-order chi connectivity index (χ1) is 9.19. The summed E-state index contributed by atoms with van der Waals surface area (Å²) in [6, 6.07) is 0. The van der Waals surface area contributed by atoms with E-state index in [0.717, 1.165) is 0 Å². The zero-order valence-electron chi connectivity index (χ0n) is 11.5. The van der Waals surface area contributed by atoms with Crippen LogP contribution in [0.5, 0.6) is 0 Å². The van der Waals surface area contributed by atoms with Gasteiger partial charge in [0.2, 0.25) is 0 Å². The second-order valence-electron chi connectivity index (χ2n) is 5.62. The molecule has 0 fully saturated rings. The molecular formula is C12H16BrN3O4. The highest BCUT2D eigenvalue weighted by molar-refractivity contribution is 9.10. The van der Waals surface area contributed by atoms with Gasteiger partial charge in [-0.2, -0.15) is 5.10 Å². The number of carbonyl (C=O) groups excluding carboxylic acids is 1. The van der Waals surface area contributed by atoms with Crippen LogP contribution in [-0.2, 0) is 16.1 Å². The molecule has 1 aromatic heterocycles. The summed E-state index contributed by atoms with van der Waals surface area (Å²) in [5.41, 5.74) is -0.648. The van der Waals surface area contributed by atoms with Crippen LogP contribution >= 0.6 is 15.9 Å². The number of hydrogen-bond acceptors (Lipinski definition) is 4. The minimum Gasteiger partial charge on any atom is -0.481 e. The number of rotatable bonds is 1. The Hall–Kier alpha value is -1.57. The molecule has 0 aliphatic carbocycles. The summed E-state index contributed by atoms with van der Waals surface area (Å²) in [5.74, 6) is -1.14. The third-order valence-electron chi connectivity index (χ3n) is 2.78. The summed E-state index contributed by atoms with van der Waals surface area (Å²) in [6.45, 7) is 5.58. The van der Waals surface area contributed by atoms with E-state index in [2.05, 4.69) is 21.0 Å². The Balaban J connectivity index is 2.33. The molecule has 8 heteroatoms. The number of halogens is 1. The van der Waals surface area contributed by atoms with Crippen LogP contribution in [0.1, 0.15) is 20.8 Å². The van der Waals surface area contributed by atoms with Gasteiger partial charge >= 0.3 is 12.1 Å². The number of carboxylic acids is 1. The quantitative estimate of drug-likeness (QED) is 0.842. The molecule has 0 aromatic carbocycles. The van der Waals surface area contributed by atoms with Crippen LogP contribution in [0.2, 0.25) is 0 Å². The van der Waals surface area contributed by atoms with E-state index in [1.165, 1.54) is 15.8 Å². The fourth-order valence-corrected chi connectivity index (χ4v) is 2.48. The van der Waals surface area contributed by atoms with E-state index in [0.29, 0.717) is 10.3 Å². The predicted molar refractivity (Wildman–Crippen MR) is 74.6 cm³/mol. The monoisotopic (exact) mass is 345 g/mol. The maximum Gasteiger partial charge on any atom is 0.416 e. The normalized spacial score (nSPS) is 18.6. The Bertz CT molecular complexity index is 549. The van der Waals surface area contributed by atoms with E-state index < -0.39 is 23.6 Å². The summed E-state index contributed by atoms with van der Waals surface area (Å²) in [7, 11) is 0. The Labute approximate surface area is 124 Å². The van der Waals surface area contributed by atoms with Crippen LogP contribution in [0.25, 0.3) is 0 Å². The van der Waals surface area contributed by atoms with Gasteiger partial charge in [0, 0.05) is 6.54 Å². The van der Waals surface area contributed by atoms with Crippen molar-refractivity contribution in [2.75, 3.05) is 11.4 Å². The third kappa shape index (κ3) is 2.95. The van der Waals surface area contributed by atoms with Gasteiger partial charge in [0.1, 0.15) is 5.60 Å². The van der Waals surface area contributed by atoms with Gasteiger partial charge in [0.15, 0.2) is 5.82 Å². The Morgan fingerprint density at radius 1 is 1.45 bits per heavy atom. The van der Waals surface area contributed by atoms with Crippen LogP contribution in [0.15, 0.2) is 10.7 Å². The lowest BCUT2D eigenvalue weighted by atomic mass is 10.1. The van der Waals surface area contributed by atoms with Crippen molar-refractivity contribution >= 4 is 33.8 Å². The van der Waals surface area contributed by atoms with Gasteiger partial charge in [-0.05, 0) is 36.7 Å². The van der Waals surface area contributed by atoms with Gasteiger partial charge in [-0.15, -0.1) is 0 Å². The molecule has 1 aromatic rings. The van der Waals surface area contributed by atoms with Crippen molar-refractivity contribution in [1.29, 1.82) is 0 Å². The Kier molecular flexibility index (Phi) is 3.77. The van der Waals surface area contributed by atoms with E-state index >= 15 is 0 Å². The zero-order valence-corrected chi connectivity index (χ0v) is 13.0. The molecule has 1 amide bonds.